The first-order chi connectivity index (χ1) is 25.3. The van der Waals surface area contributed by atoms with Crippen LogP contribution in [0, 0.1) is 0 Å². The fourth-order valence-electron chi connectivity index (χ4n) is 8.84. The molecular weight excluding hydrogens is 637 g/mol. The zero-order chi connectivity index (χ0) is 33.8. The molecule has 3 heteroatoms. The number of para-hydroxylation sites is 2. The Morgan fingerprint density at radius 1 is 0.431 bits per heavy atom. The van der Waals surface area contributed by atoms with Crippen LogP contribution in [0.4, 0.5) is 17.1 Å². The molecule has 2 aromatic heterocycles. The topological polar surface area (TPSA) is 8.17 Å². The van der Waals surface area contributed by atoms with Gasteiger partial charge in [-0.3, -0.25) is 0 Å². The zero-order valence-electron chi connectivity index (χ0n) is 28.5. The monoisotopic (exact) mass is 674 g/mol. The Kier molecular flexibility index (Phi) is 7.28. The van der Waals surface area contributed by atoms with Crippen molar-refractivity contribution >= 4 is 70.4 Å². The summed E-state index contributed by atoms with van der Waals surface area (Å²) in [7, 11) is 0. The number of fused-ring (bicyclic) bond motifs is 6. The molecule has 0 unspecified atom stereocenters. The van der Waals surface area contributed by atoms with Gasteiger partial charge in [0, 0.05) is 59.1 Å². The highest BCUT2D eigenvalue weighted by Gasteiger charge is 2.35. The highest BCUT2D eigenvalue weighted by Crippen LogP contribution is 2.47. The molecule has 0 N–H and O–H groups in total. The molecule has 1 fully saturated rings. The predicted molar refractivity (Wildman–Crippen MR) is 219 cm³/mol. The van der Waals surface area contributed by atoms with Gasteiger partial charge in [0.05, 0.1) is 11.0 Å². The minimum atomic E-state index is 0.0665. The molecular formula is C48H38N2S. The van der Waals surface area contributed by atoms with Crippen molar-refractivity contribution in [1.29, 1.82) is 0 Å². The molecule has 0 radical (unpaired) electrons. The van der Waals surface area contributed by atoms with Gasteiger partial charge in [0.25, 0.3) is 0 Å². The summed E-state index contributed by atoms with van der Waals surface area (Å²) in [4.78, 5) is 2.46. The predicted octanol–water partition coefficient (Wildman–Crippen LogP) is 13.9. The van der Waals surface area contributed by atoms with E-state index in [-0.39, 0.29) is 5.41 Å². The smallest absolute Gasteiger partial charge is 0.0542 e. The van der Waals surface area contributed by atoms with E-state index < -0.39 is 0 Å². The molecule has 1 saturated carbocycles. The molecule has 0 bridgehead atoms. The summed E-state index contributed by atoms with van der Waals surface area (Å²) in [6.07, 6.45) is 6.27. The maximum atomic E-state index is 2.46. The van der Waals surface area contributed by atoms with Gasteiger partial charge in [0.15, 0.2) is 0 Å². The van der Waals surface area contributed by atoms with Crippen LogP contribution in [-0.2, 0) is 5.41 Å². The maximum absolute atomic E-state index is 2.46. The largest absolute Gasteiger partial charge is 0.310 e. The average molecular weight is 675 g/mol. The number of hydrogen-bond acceptors (Lipinski definition) is 2. The number of benzene rings is 7. The Labute approximate surface area is 302 Å². The summed E-state index contributed by atoms with van der Waals surface area (Å²) < 4.78 is 5.03. The Hall–Kier alpha value is -5.64. The standard InChI is InChI=1S/C48H38N2S/c1-4-14-34(15-5-1)48(30-12-3-13-31-48)35-22-24-37(25-23-35)49(39-26-28-42-41-19-9-11-21-46(41)51-47(42)33-39)38-27-29-45-43(32-38)40-18-8-10-20-44(40)50(45)36-16-6-2-7-17-36/h1-2,4-11,14-29,32-33H,3,12-13,30-31H2. The van der Waals surface area contributed by atoms with E-state index in [1.165, 1.54) is 102 Å². The second kappa shape index (κ2) is 12.3. The fraction of sp³-hybridized carbons (Fsp3) is 0.125. The van der Waals surface area contributed by atoms with Crippen LogP contribution in [0.25, 0.3) is 47.7 Å². The van der Waals surface area contributed by atoms with Gasteiger partial charge >= 0.3 is 0 Å². The minimum absolute atomic E-state index is 0.0665. The van der Waals surface area contributed by atoms with E-state index in [2.05, 4.69) is 179 Å². The molecule has 0 aliphatic heterocycles. The van der Waals surface area contributed by atoms with Gasteiger partial charge in [0.1, 0.15) is 0 Å². The Morgan fingerprint density at radius 3 is 1.82 bits per heavy atom. The van der Waals surface area contributed by atoms with Crippen molar-refractivity contribution < 1.29 is 0 Å². The van der Waals surface area contributed by atoms with Gasteiger partial charge < -0.3 is 9.47 Å². The van der Waals surface area contributed by atoms with E-state index in [9.17, 15) is 0 Å². The molecule has 51 heavy (non-hydrogen) atoms. The maximum Gasteiger partial charge on any atom is 0.0542 e. The molecule has 10 rings (SSSR count). The van der Waals surface area contributed by atoms with Gasteiger partial charge in [-0.25, -0.2) is 0 Å². The van der Waals surface area contributed by atoms with Gasteiger partial charge in [0.2, 0.25) is 0 Å². The quantitative estimate of drug-likeness (QED) is 0.170. The number of hydrogen-bond donors (Lipinski definition) is 0. The van der Waals surface area contributed by atoms with E-state index in [0.29, 0.717) is 0 Å². The molecule has 1 aliphatic carbocycles. The van der Waals surface area contributed by atoms with E-state index in [0.717, 1.165) is 5.69 Å². The first-order valence-electron chi connectivity index (χ1n) is 18.2. The molecule has 246 valence electrons. The van der Waals surface area contributed by atoms with Crippen molar-refractivity contribution in [1.82, 2.24) is 4.57 Å². The molecule has 1 aliphatic rings. The van der Waals surface area contributed by atoms with Crippen LogP contribution >= 0.6 is 11.3 Å². The molecule has 2 nitrogen and oxygen atoms in total. The van der Waals surface area contributed by atoms with E-state index in [1.54, 1.807) is 0 Å². The molecule has 0 saturated heterocycles. The van der Waals surface area contributed by atoms with Gasteiger partial charge in [-0.05, 0) is 90.7 Å². The van der Waals surface area contributed by atoms with E-state index >= 15 is 0 Å². The summed E-state index contributed by atoms with van der Waals surface area (Å²) in [5, 5.41) is 5.16. The van der Waals surface area contributed by atoms with Crippen molar-refractivity contribution in [3.63, 3.8) is 0 Å². The lowest BCUT2D eigenvalue weighted by Crippen LogP contribution is -2.30. The number of rotatable bonds is 6. The number of thiophene rings is 1. The third-order valence-electron chi connectivity index (χ3n) is 11.3. The molecule has 2 heterocycles. The lowest BCUT2D eigenvalue weighted by molar-refractivity contribution is 0.346. The minimum Gasteiger partial charge on any atom is -0.310 e. The van der Waals surface area contributed by atoms with Crippen molar-refractivity contribution in [3.8, 4) is 5.69 Å². The molecule has 9 aromatic rings. The van der Waals surface area contributed by atoms with Crippen molar-refractivity contribution in [3.05, 3.63) is 181 Å². The normalized spacial score (nSPS) is 14.4. The van der Waals surface area contributed by atoms with Crippen LogP contribution in [0.5, 0.6) is 0 Å². The number of nitrogens with zero attached hydrogens (tertiary/aromatic N) is 2. The van der Waals surface area contributed by atoms with Crippen LogP contribution in [0.2, 0.25) is 0 Å². The lowest BCUT2D eigenvalue weighted by atomic mass is 9.65. The summed E-state index contributed by atoms with van der Waals surface area (Å²) in [6.45, 7) is 0. The number of anilines is 3. The van der Waals surface area contributed by atoms with Crippen molar-refractivity contribution in [2.75, 3.05) is 4.90 Å². The van der Waals surface area contributed by atoms with Gasteiger partial charge in [-0.1, -0.05) is 122 Å². The van der Waals surface area contributed by atoms with Crippen LogP contribution in [0.15, 0.2) is 170 Å². The summed E-state index contributed by atoms with van der Waals surface area (Å²) in [5.41, 5.74) is 10.0. The summed E-state index contributed by atoms with van der Waals surface area (Å²) in [6, 6.07) is 63.1. The van der Waals surface area contributed by atoms with E-state index in [1.807, 2.05) is 11.3 Å². The zero-order valence-corrected chi connectivity index (χ0v) is 29.3. The number of aromatic nitrogens is 1. The summed E-state index contributed by atoms with van der Waals surface area (Å²) in [5.74, 6) is 0. The third kappa shape index (κ3) is 4.99. The first kappa shape index (κ1) is 30.2. The van der Waals surface area contributed by atoms with Gasteiger partial charge in [-0.15, -0.1) is 11.3 Å². The highest BCUT2D eigenvalue weighted by molar-refractivity contribution is 7.25. The average Bonchev–Trinajstić information content (AvgIpc) is 3.74. The van der Waals surface area contributed by atoms with Crippen LogP contribution in [-0.4, -0.2) is 4.57 Å². The van der Waals surface area contributed by atoms with Gasteiger partial charge in [-0.2, -0.15) is 0 Å². The molecule has 7 aromatic carbocycles. The second-order valence-corrected chi connectivity index (χ2v) is 15.1. The Balaban J connectivity index is 1.16. The molecule has 0 atom stereocenters. The second-order valence-electron chi connectivity index (χ2n) is 14.1. The SMILES string of the molecule is c1ccc(-n2c3ccccc3c3cc(N(c4ccc(C5(c6ccccc6)CCCCC5)cc4)c4ccc5c(c4)sc4ccccc45)ccc32)cc1. The third-order valence-corrected chi connectivity index (χ3v) is 12.4. The molecule has 0 spiro atoms. The fourth-order valence-corrected chi connectivity index (χ4v) is 9.98. The van der Waals surface area contributed by atoms with Crippen LogP contribution < -0.4 is 4.90 Å². The highest BCUT2D eigenvalue weighted by atomic mass is 32.1. The Bertz CT molecular complexity index is 2660. The Morgan fingerprint density at radius 2 is 1.02 bits per heavy atom. The molecule has 0 amide bonds. The lowest BCUT2D eigenvalue weighted by Gasteiger charge is -2.39. The van der Waals surface area contributed by atoms with Crippen LogP contribution in [0.3, 0.4) is 0 Å². The summed E-state index contributed by atoms with van der Waals surface area (Å²) >= 11 is 1.88. The van der Waals surface area contributed by atoms with E-state index in [4.69, 9.17) is 0 Å². The first-order valence-corrected chi connectivity index (χ1v) is 19.0. The van der Waals surface area contributed by atoms with Crippen molar-refractivity contribution in [2.24, 2.45) is 0 Å². The van der Waals surface area contributed by atoms with Crippen LogP contribution in [0.1, 0.15) is 43.2 Å². The van der Waals surface area contributed by atoms with Crippen molar-refractivity contribution in [2.45, 2.75) is 37.5 Å².